The van der Waals surface area contributed by atoms with Crippen LogP contribution in [0.25, 0.3) is 0 Å². The number of allylic oxidation sites excluding steroid dienone is 3. The monoisotopic (exact) mass is 140 g/mol. The first-order chi connectivity index (χ1) is 4.57. The van der Waals surface area contributed by atoms with E-state index in [0.717, 1.165) is 17.7 Å². The minimum atomic E-state index is 0.977. The number of nitrogens with zero attached hydrogens (tertiary/aromatic N) is 1. The van der Waals surface area contributed by atoms with Crippen molar-refractivity contribution >= 4 is 0 Å². The van der Waals surface area contributed by atoms with E-state index in [4.69, 9.17) is 5.84 Å². The molecule has 0 amide bonds. The predicted molar refractivity (Wildman–Crippen MR) is 45.1 cm³/mol. The Kier molecular flexibility index (Phi) is 3.81. The molecule has 10 heavy (non-hydrogen) atoms. The summed E-state index contributed by atoms with van der Waals surface area (Å²) in [6.07, 6.45) is 2.96. The molecule has 2 N–H and O–H groups in total. The molecule has 0 radical (unpaired) electrons. The molecule has 0 aliphatic rings. The summed E-state index contributed by atoms with van der Waals surface area (Å²) in [6, 6.07) is 0. The molecule has 0 spiro atoms. The highest BCUT2D eigenvalue weighted by Crippen LogP contribution is 2.03. The first-order valence-corrected chi connectivity index (χ1v) is 3.42. The summed E-state index contributed by atoms with van der Waals surface area (Å²) in [6.45, 7) is 7.87. The van der Waals surface area contributed by atoms with Crippen molar-refractivity contribution in [3.05, 3.63) is 23.9 Å². The van der Waals surface area contributed by atoms with Crippen molar-refractivity contribution in [1.29, 1.82) is 0 Å². The molecular formula is C8H16N2. The fourth-order valence-electron chi connectivity index (χ4n) is 0.499. The van der Waals surface area contributed by atoms with Crippen LogP contribution in [0, 0.1) is 0 Å². The second kappa shape index (κ2) is 4.12. The number of nitrogens with two attached hydrogens (primary N) is 1. The summed E-state index contributed by atoms with van der Waals surface area (Å²) in [5, 5.41) is 1.58. The van der Waals surface area contributed by atoms with Gasteiger partial charge in [-0.3, -0.25) is 0 Å². The lowest BCUT2D eigenvalue weighted by atomic mass is 10.2. The quantitative estimate of drug-likeness (QED) is 0.367. The Balaban J connectivity index is 4.03. The normalized spacial score (nSPS) is 11.4. The molecule has 0 aromatic rings. The number of hydrogen-bond acceptors (Lipinski definition) is 2. The number of hydrogen-bond donors (Lipinski definition) is 1. The standard InChI is InChI=1S/C8H16N2/c1-5-7(2)6-8(3)10(4)9/h6H,2,5,9H2,1,3-4H3/b8-6-. The fourth-order valence-corrected chi connectivity index (χ4v) is 0.499. The molecule has 2 nitrogen and oxygen atoms in total. The van der Waals surface area contributed by atoms with E-state index in [1.54, 1.807) is 5.01 Å². The summed E-state index contributed by atoms with van der Waals surface area (Å²) in [7, 11) is 1.81. The predicted octanol–water partition coefficient (Wildman–Crippen LogP) is 1.66. The summed E-state index contributed by atoms with van der Waals surface area (Å²) < 4.78 is 0. The van der Waals surface area contributed by atoms with Crippen LogP contribution in [0.2, 0.25) is 0 Å². The SMILES string of the molecule is C=C(/C=C(/C)N(C)N)CC. The van der Waals surface area contributed by atoms with Crippen LogP contribution in [0.5, 0.6) is 0 Å². The van der Waals surface area contributed by atoms with Gasteiger partial charge in [0.15, 0.2) is 0 Å². The third-order valence-corrected chi connectivity index (χ3v) is 1.42. The van der Waals surface area contributed by atoms with Crippen molar-refractivity contribution in [2.45, 2.75) is 20.3 Å². The van der Waals surface area contributed by atoms with Gasteiger partial charge in [-0.1, -0.05) is 19.1 Å². The van der Waals surface area contributed by atoms with E-state index in [9.17, 15) is 0 Å². The van der Waals surface area contributed by atoms with Gasteiger partial charge in [0.2, 0.25) is 0 Å². The Hall–Kier alpha value is -0.760. The molecule has 0 aliphatic carbocycles. The molecule has 2 heteroatoms. The average Bonchev–Trinajstić information content (AvgIpc) is 1.87. The molecule has 0 aromatic heterocycles. The van der Waals surface area contributed by atoms with Gasteiger partial charge >= 0.3 is 0 Å². The molecule has 0 atom stereocenters. The van der Waals surface area contributed by atoms with Gasteiger partial charge in [-0.15, -0.1) is 0 Å². The maximum Gasteiger partial charge on any atom is 0.0259 e. The molecule has 0 heterocycles. The van der Waals surface area contributed by atoms with E-state index in [2.05, 4.69) is 13.5 Å². The van der Waals surface area contributed by atoms with E-state index in [1.807, 2.05) is 20.0 Å². The third-order valence-electron chi connectivity index (χ3n) is 1.42. The maximum atomic E-state index is 5.46. The molecular weight excluding hydrogens is 124 g/mol. The second-order valence-corrected chi connectivity index (χ2v) is 2.41. The minimum absolute atomic E-state index is 0.977. The van der Waals surface area contributed by atoms with Gasteiger partial charge in [-0.2, -0.15) is 0 Å². The van der Waals surface area contributed by atoms with Crippen LogP contribution in [-0.4, -0.2) is 12.1 Å². The van der Waals surface area contributed by atoms with Gasteiger partial charge in [0.25, 0.3) is 0 Å². The molecule has 0 bridgehead atoms. The molecule has 0 aromatic carbocycles. The highest BCUT2D eigenvalue weighted by molar-refractivity contribution is 5.17. The van der Waals surface area contributed by atoms with Gasteiger partial charge in [0, 0.05) is 12.7 Å². The average molecular weight is 140 g/mol. The van der Waals surface area contributed by atoms with E-state index in [-0.39, 0.29) is 0 Å². The zero-order valence-electron chi connectivity index (χ0n) is 7.02. The lowest BCUT2D eigenvalue weighted by molar-refractivity contribution is 0.441. The van der Waals surface area contributed by atoms with Crippen LogP contribution in [-0.2, 0) is 0 Å². The second-order valence-electron chi connectivity index (χ2n) is 2.41. The summed E-state index contributed by atoms with van der Waals surface area (Å²) in [5.41, 5.74) is 2.14. The maximum absolute atomic E-state index is 5.46. The van der Waals surface area contributed by atoms with E-state index >= 15 is 0 Å². The molecule has 58 valence electrons. The third kappa shape index (κ3) is 3.30. The summed E-state index contributed by atoms with van der Waals surface area (Å²) in [5.74, 6) is 5.46. The van der Waals surface area contributed by atoms with Crippen LogP contribution in [0.4, 0.5) is 0 Å². The fraction of sp³-hybridized carbons (Fsp3) is 0.500. The largest absolute Gasteiger partial charge is 0.318 e. The lowest BCUT2D eigenvalue weighted by Gasteiger charge is -2.11. The molecule has 0 aliphatic heterocycles. The Labute approximate surface area is 63.0 Å². The highest BCUT2D eigenvalue weighted by Gasteiger charge is 1.90. The van der Waals surface area contributed by atoms with Crippen molar-refractivity contribution < 1.29 is 0 Å². The zero-order valence-corrected chi connectivity index (χ0v) is 7.02. The van der Waals surface area contributed by atoms with Crippen LogP contribution in [0.1, 0.15) is 20.3 Å². The number of rotatable bonds is 3. The topological polar surface area (TPSA) is 29.3 Å². The van der Waals surface area contributed by atoms with Crippen LogP contribution < -0.4 is 5.84 Å². The molecule has 0 saturated heterocycles. The van der Waals surface area contributed by atoms with Gasteiger partial charge in [-0.05, 0) is 19.4 Å². The highest BCUT2D eigenvalue weighted by atomic mass is 15.4. The van der Waals surface area contributed by atoms with Gasteiger partial charge < -0.3 is 5.01 Å². The van der Waals surface area contributed by atoms with Crippen LogP contribution in [0.3, 0.4) is 0 Å². The van der Waals surface area contributed by atoms with Crippen LogP contribution >= 0.6 is 0 Å². The summed E-state index contributed by atoms with van der Waals surface area (Å²) >= 11 is 0. The number of hydrazine groups is 1. The van der Waals surface area contributed by atoms with Crippen LogP contribution in [0.15, 0.2) is 23.9 Å². The van der Waals surface area contributed by atoms with Gasteiger partial charge in [0.05, 0.1) is 0 Å². The van der Waals surface area contributed by atoms with E-state index in [1.165, 1.54) is 0 Å². The Morgan fingerprint density at radius 2 is 2.20 bits per heavy atom. The summed E-state index contributed by atoms with van der Waals surface area (Å²) in [4.78, 5) is 0. The molecule has 0 rings (SSSR count). The Morgan fingerprint density at radius 1 is 1.70 bits per heavy atom. The zero-order chi connectivity index (χ0) is 8.15. The lowest BCUT2D eigenvalue weighted by Crippen LogP contribution is -2.23. The first kappa shape index (κ1) is 9.24. The smallest absolute Gasteiger partial charge is 0.0259 e. The van der Waals surface area contributed by atoms with Crippen molar-refractivity contribution in [2.75, 3.05) is 7.05 Å². The van der Waals surface area contributed by atoms with Crippen molar-refractivity contribution in [3.63, 3.8) is 0 Å². The van der Waals surface area contributed by atoms with Crippen molar-refractivity contribution in [3.8, 4) is 0 Å². The van der Waals surface area contributed by atoms with E-state index in [0.29, 0.717) is 0 Å². The van der Waals surface area contributed by atoms with Crippen molar-refractivity contribution in [1.82, 2.24) is 5.01 Å². The van der Waals surface area contributed by atoms with E-state index < -0.39 is 0 Å². The molecule has 0 saturated carbocycles. The van der Waals surface area contributed by atoms with Crippen molar-refractivity contribution in [2.24, 2.45) is 5.84 Å². The molecule has 0 fully saturated rings. The Bertz CT molecular complexity index is 145. The Morgan fingerprint density at radius 3 is 2.50 bits per heavy atom. The first-order valence-electron chi connectivity index (χ1n) is 3.42. The minimum Gasteiger partial charge on any atom is -0.318 e. The van der Waals surface area contributed by atoms with Gasteiger partial charge in [-0.25, -0.2) is 5.84 Å². The van der Waals surface area contributed by atoms with Gasteiger partial charge in [0.1, 0.15) is 0 Å². The molecule has 0 unspecified atom stereocenters.